The minimum absolute atomic E-state index is 0.155. The van der Waals surface area contributed by atoms with Crippen LogP contribution >= 0.6 is 0 Å². The molecule has 0 unspecified atom stereocenters. The van der Waals surface area contributed by atoms with E-state index >= 15 is 0 Å². The molecule has 1 aromatic heterocycles. The van der Waals surface area contributed by atoms with Gasteiger partial charge in [0.1, 0.15) is 17.3 Å². The third kappa shape index (κ3) is 5.50. The van der Waals surface area contributed by atoms with Crippen molar-refractivity contribution in [2.24, 2.45) is 0 Å². The zero-order chi connectivity index (χ0) is 27.4. The molecule has 0 aliphatic heterocycles. The maximum atomic E-state index is 14.0. The number of rotatable bonds is 9. The van der Waals surface area contributed by atoms with Crippen LogP contribution in [0.15, 0.2) is 102 Å². The van der Waals surface area contributed by atoms with Crippen LogP contribution in [0.5, 0.6) is 11.5 Å². The number of methoxy groups -OCH3 is 2. The highest BCUT2D eigenvalue weighted by Gasteiger charge is 2.24. The molecule has 5 rings (SSSR count). The number of hydrogen-bond acceptors (Lipinski definition) is 6. The number of nitro benzene ring substituents is 1. The SMILES string of the molecule is COc1cccc(C[C@@H](c2ccccc2)c2nc3ccc([N+](=O)[O-])cc3c(=O)n2Cc2cccc(OC)c2)c1. The lowest BCUT2D eigenvalue weighted by Gasteiger charge is -2.23. The monoisotopic (exact) mass is 521 g/mol. The molecule has 4 aromatic carbocycles. The lowest BCUT2D eigenvalue weighted by atomic mass is 9.90. The molecule has 1 heterocycles. The summed E-state index contributed by atoms with van der Waals surface area (Å²) in [5, 5.41) is 11.7. The molecule has 8 nitrogen and oxygen atoms in total. The largest absolute Gasteiger partial charge is 0.497 e. The first-order valence-electron chi connectivity index (χ1n) is 12.5. The van der Waals surface area contributed by atoms with Crippen molar-refractivity contribution in [2.45, 2.75) is 18.9 Å². The van der Waals surface area contributed by atoms with Gasteiger partial charge in [0, 0.05) is 18.1 Å². The van der Waals surface area contributed by atoms with Gasteiger partial charge in [-0.2, -0.15) is 0 Å². The lowest BCUT2D eigenvalue weighted by Crippen LogP contribution is -2.28. The van der Waals surface area contributed by atoms with Crippen LogP contribution in [0.2, 0.25) is 0 Å². The molecule has 39 heavy (non-hydrogen) atoms. The van der Waals surface area contributed by atoms with Gasteiger partial charge in [-0.05, 0) is 53.4 Å². The van der Waals surface area contributed by atoms with Gasteiger partial charge in [0.2, 0.25) is 0 Å². The van der Waals surface area contributed by atoms with E-state index in [0.717, 1.165) is 22.4 Å². The summed E-state index contributed by atoms with van der Waals surface area (Å²) in [6, 6.07) is 29.4. The molecule has 0 amide bonds. The van der Waals surface area contributed by atoms with Gasteiger partial charge in [-0.15, -0.1) is 0 Å². The second kappa shape index (κ2) is 11.2. The minimum Gasteiger partial charge on any atom is -0.497 e. The van der Waals surface area contributed by atoms with Crippen LogP contribution in [0, 0.1) is 10.1 Å². The lowest BCUT2D eigenvalue weighted by molar-refractivity contribution is -0.384. The summed E-state index contributed by atoms with van der Waals surface area (Å²) >= 11 is 0. The van der Waals surface area contributed by atoms with Gasteiger partial charge in [-0.25, -0.2) is 4.98 Å². The van der Waals surface area contributed by atoms with Crippen molar-refractivity contribution in [2.75, 3.05) is 14.2 Å². The summed E-state index contributed by atoms with van der Waals surface area (Å²) in [7, 11) is 3.22. The molecular weight excluding hydrogens is 494 g/mol. The van der Waals surface area contributed by atoms with Crippen molar-refractivity contribution in [1.82, 2.24) is 9.55 Å². The molecule has 196 valence electrons. The van der Waals surface area contributed by atoms with Gasteiger partial charge in [0.05, 0.1) is 36.6 Å². The highest BCUT2D eigenvalue weighted by molar-refractivity contribution is 5.80. The molecule has 0 bridgehead atoms. The van der Waals surface area contributed by atoms with E-state index in [0.29, 0.717) is 23.5 Å². The highest BCUT2D eigenvalue weighted by atomic mass is 16.6. The summed E-state index contributed by atoms with van der Waals surface area (Å²) in [4.78, 5) is 30.0. The van der Waals surface area contributed by atoms with Gasteiger partial charge >= 0.3 is 0 Å². The van der Waals surface area contributed by atoms with Gasteiger partial charge < -0.3 is 9.47 Å². The van der Waals surface area contributed by atoms with Crippen molar-refractivity contribution in [1.29, 1.82) is 0 Å². The Morgan fingerprint density at radius 1 is 0.846 bits per heavy atom. The van der Waals surface area contributed by atoms with Crippen LogP contribution in [-0.2, 0) is 13.0 Å². The van der Waals surface area contributed by atoms with Gasteiger partial charge in [0.15, 0.2) is 0 Å². The molecule has 0 spiro atoms. The van der Waals surface area contributed by atoms with Crippen LogP contribution in [0.1, 0.15) is 28.4 Å². The highest BCUT2D eigenvalue weighted by Crippen LogP contribution is 2.30. The Balaban J connectivity index is 1.74. The number of hydrogen-bond donors (Lipinski definition) is 0. The molecule has 5 aromatic rings. The van der Waals surface area contributed by atoms with E-state index in [9.17, 15) is 14.9 Å². The van der Waals surface area contributed by atoms with Gasteiger partial charge in [-0.1, -0.05) is 54.6 Å². The predicted octanol–water partition coefficient (Wildman–Crippen LogP) is 5.74. The summed E-state index contributed by atoms with van der Waals surface area (Å²) in [5.74, 6) is 1.70. The summed E-state index contributed by atoms with van der Waals surface area (Å²) in [5.41, 5.74) is 2.78. The summed E-state index contributed by atoms with van der Waals surface area (Å²) in [6.45, 7) is 0.221. The smallest absolute Gasteiger partial charge is 0.270 e. The zero-order valence-corrected chi connectivity index (χ0v) is 21.6. The van der Waals surface area contributed by atoms with E-state index in [1.54, 1.807) is 24.9 Å². The normalized spacial score (nSPS) is 11.7. The molecule has 0 aliphatic carbocycles. The number of fused-ring (bicyclic) bond motifs is 1. The van der Waals surface area contributed by atoms with Crippen molar-refractivity contribution in [3.63, 3.8) is 0 Å². The standard InChI is InChI=1S/C31H27N3O5/c1-38-25-12-6-8-21(16-25)18-27(23-10-4-3-5-11-23)30-32-29-15-14-24(34(36)37)19-28(29)31(35)33(30)20-22-9-7-13-26(17-22)39-2/h3-17,19,27H,18,20H2,1-2H3/t27-/m0/s1. The van der Waals surface area contributed by atoms with E-state index in [2.05, 4.69) is 0 Å². The minimum atomic E-state index is -0.505. The maximum Gasteiger partial charge on any atom is 0.270 e. The summed E-state index contributed by atoms with van der Waals surface area (Å²) in [6.07, 6.45) is 0.560. The molecule has 0 N–H and O–H groups in total. The first-order chi connectivity index (χ1) is 19.0. The molecule has 0 radical (unpaired) electrons. The van der Waals surface area contributed by atoms with Crippen molar-refractivity contribution < 1.29 is 14.4 Å². The molecule has 0 fully saturated rings. The van der Waals surface area contributed by atoms with Crippen molar-refractivity contribution in [3.8, 4) is 11.5 Å². The van der Waals surface area contributed by atoms with Crippen molar-refractivity contribution >= 4 is 16.6 Å². The molecule has 0 saturated heterocycles. The fourth-order valence-corrected chi connectivity index (χ4v) is 4.79. The first kappa shape index (κ1) is 25.7. The number of nitrogens with zero attached hydrogens (tertiary/aromatic N) is 3. The zero-order valence-electron chi connectivity index (χ0n) is 21.6. The molecule has 1 atom stereocenters. The first-order valence-corrected chi connectivity index (χ1v) is 12.5. The van der Waals surface area contributed by atoms with E-state index in [-0.39, 0.29) is 29.1 Å². The topological polar surface area (TPSA) is 96.5 Å². The Bertz CT molecular complexity index is 1700. The fourth-order valence-electron chi connectivity index (χ4n) is 4.79. The van der Waals surface area contributed by atoms with E-state index < -0.39 is 4.92 Å². The molecule has 0 aliphatic rings. The average molecular weight is 522 g/mol. The van der Waals surface area contributed by atoms with E-state index in [1.165, 1.54) is 12.1 Å². The third-order valence-corrected chi connectivity index (χ3v) is 6.74. The second-order valence-corrected chi connectivity index (χ2v) is 9.19. The second-order valence-electron chi connectivity index (χ2n) is 9.19. The number of nitro groups is 1. The Morgan fingerprint density at radius 2 is 1.51 bits per heavy atom. The van der Waals surface area contributed by atoms with Crippen LogP contribution < -0.4 is 15.0 Å². The van der Waals surface area contributed by atoms with Crippen LogP contribution in [0.3, 0.4) is 0 Å². The molecular formula is C31H27N3O5. The number of non-ortho nitro benzene ring substituents is 1. The maximum absolute atomic E-state index is 14.0. The quantitative estimate of drug-likeness (QED) is 0.181. The number of benzene rings is 4. The Labute approximate surface area is 225 Å². The Morgan fingerprint density at radius 3 is 2.18 bits per heavy atom. The fraction of sp³-hybridized carbons (Fsp3) is 0.161. The summed E-state index contributed by atoms with van der Waals surface area (Å²) < 4.78 is 12.5. The molecule has 0 saturated carbocycles. The van der Waals surface area contributed by atoms with Crippen LogP contribution in [0.4, 0.5) is 5.69 Å². The average Bonchev–Trinajstić information content (AvgIpc) is 2.97. The predicted molar refractivity (Wildman–Crippen MR) is 150 cm³/mol. The Hall–Kier alpha value is -4.98. The number of aromatic nitrogens is 2. The van der Waals surface area contributed by atoms with E-state index in [4.69, 9.17) is 14.5 Å². The van der Waals surface area contributed by atoms with Crippen molar-refractivity contribution in [3.05, 3.63) is 140 Å². The third-order valence-electron chi connectivity index (χ3n) is 6.74. The van der Waals surface area contributed by atoms with E-state index in [1.807, 2.05) is 78.9 Å². The van der Waals surface area contributed by atoms with Crippen LogP contribution in [-0.4, -0.2) is 28.7 Å². The van der Waals surface area contributed by atoms with Gasteiger partial charge in [-0.3, -0.25) is 19.5 Å². The number of ether oxygens (including phenoxy) is 2. The molecule has 8 heteroatoms. The Kier molecular flexibility index (Phi) is 7.36. The van der Waals surface area contributed by atoms with Gasteiger partial charge in [0.25, 0.3) is 11.2 Å². The van der Waals surface area contributed by atoms with Crippen LogP contribution in [0.25, 0.3) is 10.9 Å².